The smallest absolute Gasteiger partial charge is 0.309 e. The van der Waals surface area contributed by atoms with Crippen molar-refractivity contribution in [1.29, 1.82) is 0 Å². The molecule has 0 aliphatic rings. The lowest BCUT2D eigenvalue weighted by Crippen LogP contribution is -2.30. The van der Waals surface area contributed by atoms with Crippen molar-refractivity contribution in [3.63, 3.8) is 0 Å². The van der Waals surface area contributed by atoms with Crippen LogP contribution < -0.4 is 0 Å². The molecule has 0 aromatic heterocycles. The van der Waals surface area contributed by atoms with Crippen LogP contribution in [0.3, 0.4) is 0 Å². The molecule has 0 saturated heterocycles. The van der Waals surface area contributed by atoms with E-state index >= 15 is 0 Å². The van der Waals surface area contributed by atoms with Gasteiger partial charge in [0, 0.05) is 12.8 Å². The Labute approximate surface area is 508 Å². The molecule has 1 atom stereocenters. The SMILES string of the molecule is CC/C=C\C/C=C\C/C=C\C/C=C\C/C=C\CC(=O)OCC(COC(=O)CCCCCCCCCCCCCCCCCCCCCCCCCCCC)OC(=O)CCCCCCCCCCCC/C=C\C/C=C\C/C=C\C/C=C\CC. The first-order chi connectivity index (χ1) is 40.5. The summed E-state index contributed by atoms with van der Waals surface area (Å²) in [5.41, 5.74) is 0. The van der Waals surface area contributed by atoms with E-state index in [1.165, 1.54) is 199 Å². The zero-order valence-electron chi connectivity index (χ0n) is 54.0. The van der Waals surface area contributed by atoms with Crippen molar-refractivity contribution in [2.24, 2.45) is 0 Å². The van der Waals surface area contributed by atoms with Gasteiger partial charge in [-0.1, -0.05) is 342 Å². The lowest BCUT2D eigenvalue weighted by Gasteiger charge is -2.18. The van der Waals surface area contributed by atoms with Gasteiger partial charge >= 0.3 is 17.9 Å². The van der Waals surface area contributed by atoms with Gasteiger partial charge in [0.05, 0.1) is 6.42 Å². The van der Waals surface area contributed by atoms with E-state index in [1.54, 1.807) is 6.08 Å². The van der Waals surface area contributed by atoms with Crippen LogP contribution in [0.15, 0.2) is 109 Å². The van der Waals surface area contributed by atoms with Crippen LogP contribution in [0.5, 0.6) is 0 Å². The Kier molecular flexibility index (Phi) is 66.2. The first kappa shape index (κ1) is 78.1. The largest absolute Gasteiger partial charge is 0.462 e. The van der Waals surface area contributed by atoms with Gasteiger partial charge in [-0.05, 0) is 83.5 Å². The molecule has 470 valence electrons. The molecule has 0 N–H and O–H groups in total. The monoisotopic (exact) mass is 1140 g/mol. The van der Waals surface area contributed by atoms with Crippen LogP contribution >= 0.6 is 0 Å². The Bertz CT molecular complexity index is 1640. The first-order valence-electron chi connectivity index (χ1n) is 34.9. The third-order valence-corrected chi connectivity index (χ3v) is 15.1. The highest BCUT2D eigenvalue weighted by molar-refractivity contribution is 5.72. The maximum Gasteiger partial charge on any atom is 0.309 e. The number of hydrogen-bond acceptors (Lipinski definition) is 6. The summed E-state index contributed by atoms with van der Waals surface area (Å²) < 4.78 is 16.9. The molecule has 0 aliphatic heterocycles. The molecule has 0 aromatic carbocycles. The maximum atomic E-state index is 12.9. The normalized spacial score (nSPS) is 12.8. The van der Waals surface area contributed by atoms with Crippen LogP contribution in [0.4, 0.5) is 0 Å². The molecule has 6 heteroatoms. The average Bonchev–Trinajstić information content (AvgIpc) is 3.47. The molecule has 0 rings (SSSR count). The van der Waals surface area contributed by atoms with E-state index in [4.69, 9.17) is 14.2 Å². The van der Waals surface area contributed by atoms with E-state index in [-0.39, 0.29) is 31.6 Å². The van der Waals surface area contributed by atoms with Crippen LogP contribution in [-0.2, 0) is 28.6 Å². The van der Waals surface area contributed by atoms with Crippen molar-refractivity contribution in [3.8, 4) is 0 Å². The molecule has 1 unspecified atom stereocenters. The highest BCUT2D eigenvalue weighted by Crippen LogP contribution is 2.18. The maximum absolute atomic E-state index is 12.9. The quantitative estimate of drug-likeness (QED) is 0.0261. The second-order valence-corrected chi connectivity index (χ2v) is 23.1. The molecular weight excluding hydrogens is 1010 g/mol. The van der Waals surface area contributed by atoms with Gasteiger partial charge in [-0.25, -0.2) is 0 Å². The molecule has 0 fully saturated rings. The zero-order valence-corrected chi connectivity index (χ0v) is 54.0. The summed E-state index contributed by atoms with van der Waals surface area (Å²) in [7, 11) is 0. The predicted octanol–water partition coefficient (Wildman–Crippen LogP) is 24.2. The molecule has 82 heavy (non-hydrogen) atoms. The van der Waals surface area contributed by atoms with E-state index in [9.17, 15) is 14.4 Å². The van der Waals surface area contributed by atoms with Crippen molar-refractivity contribution >= 4 is 17.9 Å². The summed E-state index contributed by atoms with van der Waals surface area (Å²) in [5, 5.41) is 0. The molecule has 0 aromatic rings. The third kappa shape index (κ3) is 66.9. The molecule has 0 heterocycles. The van der Waals surface area contributed by atoms with Gasteiger partial charge in [0.15, 0.2) is 6.10 Å². The average molecular weight is 1140 g/mol. The number of carbonyl (C=O) groups excluding carboxylic acids is 3. The van der Waals surface area contributed by atoms with Crippen molar-refractivity contribution in [2.45, 2.75) is 341 Å². The Hall–Kier alpha value is -3.93. The summed E-state index contributed by atoms with van der Waals surface area (Å²) in [6.07, 6.45) is 95.8. The highest BCUT2D eigenvalue weighted by atomic mass is 16.6. The van der Waals surface area contributed by atoms with Gasteiger partial charge in [-0.3, -0.25) is 14.4 Å². The zero-order chi connectivity index (χ0) is 59.2. The number of carbonyl (C=O) groups is 3. The molecule has 6 nitrogen and oxygen atoms in total. The second-order valence-electron chi connectivity index (χ2n) is 23.1. The minimum absolute atomic E-state index is 0.108. The van der Waals surface area contributed by atoms with Gasteiger partial charge in [0.2, 0.25) is 0 Å². The van der Waals surface area contributed by atoms with Gasteiger partial charge in [0.1, 0.15) is 13.2 Å². The van der Waals surface area contributed by atoms with E-state index in [0.717, 1.165) is 96.3 Å². The molecular formula is C76H130O6. The fraction of sp³-hybridized carbons (Fsp3) is 0.724. The van der Waals surface area contributed by atoms with Crippen LogP contribution in [0.25, 0.3) is 0 Å². The number of esters is 3. The number of hydrogen-bond donors (Lipinski definition) is 0. The minimum atomic E-state index is -0.823. The number of ether oxygens (including phenoxy) is 3. The van der Waals surface area contributed by atoms with Gasteiger partial charge < -0.3 is 14.2 Å². The van der Waals surface area contributed by atoms with E-state index in [2.05, 4.69) is 118 Å². The fourth-order valence-corrected chi connectivity index (χ4v) is 9.92. The summed E-state index contributed by atoms with van der Waals surface area (Å²) in [5.74, 6) is -1.03. The Morgan fingerprint density at radius 3 is 0.854 bits per heavy atom. The lowest BCUT2D eigenvalue weighted by atomic mass is 10.0. The topological polar surface area (TPSA) is 78.9 Å². The molecule has 0 bridgehead atoms. The van der Waals surface area contributed by atoms with E-state index in [0.29, 0.717) is 12.8 Å². The van der Waals surface area contributed by atoms with Crippen LogP contribution in [0.1, 0.15) is 335 Å². The predicted molar refractivity (Wildman–Crippen MR) is 357 cm³/mol. The molecule has 0 spiro atoms. The van der Waals surface area contributed by atoms with Crippen molar-refractivity contribution in [1.82, 2.24) is 0 Å². The Morgan fingerprint density at radius 2 is 0.524 bits per heavy atom. The highest BCUT2D eigenvalue weighted by Gasteiger charge is 2.19. The Balaban J connectivity index is 4.35. The van der Waals surface area contributed by atoms with Crippen LogP contribution in [-0.4, -0.2) is 37.2 Å². The molecule has 0 aliphatic carbocycles. The van der Waals surface area contributed by atoms with Gasteiger partial charge in [-0.2, -0.15) is 0 Å². The second kappa shape index (κ2) is 69.6. The van der Waals surface area contributed by atoms with E-state index < -0.39 is 12.1 Å². The summed E-state index contributed by atoms with van der Waals surface area (Å²) in [4.78, 5) is 38.4. The molecule has 0 saturated carbocycles. The number of rotatable bonds is 63. The Morgan fingerprint density at radius 1 is 0.268 bits per heavy atom. The lowest BCUT2D eigenvalue weighted by molar-refractivity contribution is -0.166. The van der Waals surface area contributed by atoms with Crippen molar-refractivity contribution in [2.75, 3.05) is 13.2 Å². The third-order valence-electron chi connectivity index (χ3n) is 15.1. The molecule has 0 amide bonds. The standard InChI is InChI=1S/C76H130O6/c1-4-7-10-13-16-19-22-25-28-30-32-34-36-37-38-40-41-43-45-48-51-54-57-60-63-66-69-75(78)81-72-73(71-80-74(77)68-65-62-59-56-53-50-47-27-24-21-18-15-12-9-6-3)82-76(79)70-67-64-61-58-55-52-49-46-44-42-39-35-33-31-29-26-23-20-17-14-11-8-5-2/h8-9,11-12,17-18,20-21,26-27,29,33,35,47,53,56,62,65,73H,4-7,10,13-16,19,22-25,28,30-32,34,36-46,48-52,54-55,57-61,63-64,66-72H2,1-3H3/b11-8-,12-9-,20-17-,21-18-,29-26-,35-33-,47-27-,56-53-,65-62-. The number of allylic oxidation sites excluding steroid dienone is 17. The summed E-state index contributed by atoms with van der Waals surface area (Å²) >= 11 is 0. The van der Waals surface area contributed by atoms with Gasteiger partial charge in [0.25, 0.3) is 0 Å². The minimum Gasteiger partial charge on any atom is -0.462 e. The van der Waals surface area contributed by atoms with E-state index in [1.807, 2.05) is 6.08 Å². The number of unbranched alkanes of at least 4 members (excludes halogenated alkanes) is 35. The summed E-state index contributed by atoms with van der Waals surface area (Å²) in [6.45, 7) is 6.37. The summed E-state index contributed by atoms with van der Waals surface area (Å²) in [6, 6.07) is 0. The van der Waals surface area contributed by atoms with Gasteiger partial charge in [-0.15, -0.1) is 0 Å². The van der Waals surface area contributed by atoms with Crippen LogP contribution in [0.2, 0.25) is 0 Å². The van der Waals surface area contributed by atoms with Crippen molar-refractivity contribution < 1.29 is 28.6 Å². The molecule has 0 radical (unpaired) electrons. The fourth-order valence-electron chi connectivity index (χ4n) is 9.92. The van der Waals surface area contributed by atoms with Crippen molar-refractivity contribution in [3.05, 3.63) is 109 Å². The van der Waals surface area contributed by atoms with Crippen LogP contribution in [0, 0.1) is 0 Å². The first-order valence-corrected chi connectivity index (χ1v) is 34.9.